The Kier molecular flexibility index (Phi) is 6.53. The Hall–Kier alpha value is -4.66. The van der Waals surface area contributed by atoms with Crippen LogP contribution < -0.4 is 0 Å². The molecule has 226 valence electrons. The van der Waals surface area contributed by atoms with E-state index >= 15 is 0 Å². The third kappa shape index (κ3) is 4.84. The summed E-state index contributed by atoms with van der Waals surface area (Å²) in [7, 11) is 0. The molecule has 2 heteroatoms. The van der Waals surface area contributed by atoms with Crippen LogP contribution in [0.1, 0.15) is 52.7 Å². The topological polar surface area (TPSA) is 4.93 Å². The van der Waals surface area contributed by atoms with Crippen LogP contribution in [0.2, 0.25) is 0 Å². The van der Waals surface area contributed by atoms with E-state index in [1.165, 1.54) is 81.0 Å². The van der Waals surface area contributed by atoms with E-state index in [4.69, 9.17) is 0 Å². The van der Waals surface area contributed by atoms with E-state index < -0.39 is 0 Å². The summed E-state index contributed by atoms with van der Waals surface area (Å²) in [4.78, 5) is 0. The summed E-state index contributed by atoms with van der Waals surface area (Å²) in [5.41, 5.74) is 11.6. The zero-order chi connectivity index (χ0) is 31.8. The lowest BCUT2D eigenvalue weighted by Gasteiger charge is -2.19. The van der Waals surface area contributed by atoms with E-state index in [1.807, 2.05) is 11.3 Å². The van der Waals surface area contributed by atoms with Gasteiger partial charge in [0.1, 0.15) is 0 Å². The highest BCUT2D eigenvalue weighted by Gasteiger charge is 2.21. The molecule has 0 aliphatic carbocycles. The molecule has 0 atom stereocenters. The summed E-state index contributed by atoms with van der Waals surface area (Å²) >= 11 is 1.87. The minimum atomic E-state index is 0.0901. The van der Waals surface area contributed by atoms with Gasteiger partial charge in [0.05, 0.1) is 11.0 Å². The van der Waals surface area contributed by atoms with Gasteiger partial charge in [0, 0.05) is 36.6 Å². The van der Waals surface area contributed by atoms with Gasteiger partial charge in [0.25, 0.3) is 0 Å². The maximum Gasteiger partial charge on any atom is 0.0541 e. The zero-order valence-electron chi connectivity index (χ0n) is 27.5. The Labute approximate surface area is 275 Å². The summed E-state index contributed by atoms with van der Waals surface area (Å²) in [5.74, 6) is 0. The Morgan fingerprint density at radius 2 is 0.891 bits per heavy atom. The van der Waals surface area contributed by atoms with Crippen LogP contribution in [0.4, 0.5) is 0 Å². The van der Waals surface area contributed by atoms with E-state index in [2.05, 4.69) is 174 Å². The fourth-order valence-corrected chi connectivity index (χ4v) is 7.94. The van der Waals surface area contributed by atoms with Gasteiger partial charge in [-0.1, -0.05) is 120 Å². The van der Waals surface area contributed by atoms with Gasteiger partial charge in [0.15, 0.2) is 0 Å². The van der Waals surface area contributed by atoms with Crippen molar-refractivity contribution in [3.8, 4) is 27.9 Å². The number of benzene rings is 6. The van der Waals surface area contributed by atoms with Crippen molar-refractivity contribution in [3.63, 3.8) is 0 Å². The number of nitrogens with zero attached hydrogens (tertiary/aromatic N) is 1. The van der Waals surface area contributed by atoms with E-state index in [0.717, 1.165) is 0 Å². The van der Waals surface area contributed by atoms with Crippen molar-refractivity contribution >= 4 is 53.3 Å². The average Bonchev–Trinajstić information content (AvgIpc) is 3.58. The second-order valence-electron chi connectivity index (χ2n) is 14.7. The minimum absolute atomic E-state index is 0.0901. The molecule has 0 bridgehead atoms. The molecule has 8 aromatic rings. The quantitative estimate of drug-likeness (QED) is 0.187. The van der Waals surface area contributed by atoms with Gasteiger partial charge < -0.3 is 4.57 Å². The van der Waals surface area contributed by atoms with Crippen LogP contribution in [0.25, 0.3) is 69.9 Å². The fraction of sp³-hybridized carbons (Fsp3) is 0.182. The van der Waals surface area contributed by atoms with Crippen molar-refractivity contribution in [1.29, 1.82) is 0 Å². The summed E-state index contributed by atoms with van der Waals surface area (Å²) in [6.07, 6.45) is 0. The highest BCUT2D eigenvalue weighted by molar-refractivity contribution is 7.25. The molecule has 0 saturated carbocycles. The predicted molar refractivity (Wildman–Crippen MR) is 202 cm³/mol. The van der Waals surface area contributed by atoms with Crippen LogP contribution in [0.5, 0.6) is 0 Å². The first-order chi connectivity index (χ1) is 22.0. The first kappa shape index (κ1) is 28.8. The SMILES string of the molecule is CC(C)(C)c1ccc2c(c1)c1cc(C(C)(C)C)ccc1n2-c1ccc(-c2ccc(-c3ccc4c(c3)sc3ccccc34)cc2)cc1. The van der Waals surface area contributed by atoms with Crippen LogP contribution in [0.15, 0.2) is 127 Å². The standard InChI is InChI=1S/C44H39NS/c1-43(2,3)32-18-23-39-37(26-32)38-27-33(44(4,5)6)19-24-40(38)45(39)34-20-15-29(16-21-34)28-11-13-30(14-12-28)31-17-22-36-35-9-7-8-10-41(35)46-42(36)25-31/h7-27H,1-6H3. The van der Waals surface area contributed by atoms with Crippen LogP contribution in [-0.2, 0) is 10.8 Å². The lowest BCUT2D eigenvalue weighted by atomic mass is 9.85. The molecule has 0 aliphatic heterocycles. The summed E-state index contributed by atoms with van der Waals surface area (Å²) in [6.45, 7) is 13.8. The largest absolute Gasteiger partial charge is 0.309 e. The number of hydrogen-bond donors (Lipinski definition) is 0. The highest BCUT2D eigenvalue weighted by Crippen LogP contribution is 2.39. The number of fused-ring (bicyclic) bond motifs is 6. The van der Waals surface area contributed by atoms with E-state index in [1.54, 1.807) is 0 Å². The molecular formula is C44H39NS. The Bertz CT molecular complexity index is 2330. The van der Waals surface area contributed by atoms with E-state index in [0.29, 0.717) is 0 Å². The molecule has 8 rings (SSSR count). The molecule has 46 heavy (non-hydrogen) atoms. The van der Waals surface area contributed by atoms with Crippen LogP contribution in [0.3, 0.4) is 0 Å². The van der Waals surface area contributed by atoms with Crippen molar-refractivity contribution in [1.82, 2.24) is 4.57 Å². The first-order valence-corrected chi connectivity index (χ1v) is 17.1. The smallest absolute Gasteiger partial charge is 0.0541 e. The molecule has 0 radical (unpaired) electrons. The molecular weight excluding hydrogens is 575 g/mol. The number of hydrogen-bond acceptors (Lipinski definition) is 1. The van der Waals surface area contributed by atoms with Crippen molar-refractivity contribution in [2.75, 3.05) is 0 Å². The molecule has 0 amide bonds. The normalized spacial score (nSPS) is 12.6. The molecule has 0 N–H and O–H groups in total. The van der Waals surface area contributed by atoms with Gasteiger partial charge in [0.2, 0.25) is 0 Å². The van der Waals surface area contributed by atoms with Crippen molar-refractivity contribution < 1.29 is 0 Å². The number of aromatic nitrogens is 1. The van der Waals surface area contributed by atoms with Gasteiger partial charge in [-0.25, -0.2) is 0 Å². The first-order valence-electron chi connectivity index (χ1n) is 16.3. The van der Waals surface area contributed by atoms with E-state index in [9.17, 15) is 0 Å². The Balaban J connectivity index is 1.15. The third-order valence-electron chi connectivity index (χ3n) is 9.55. The van der Waals surface area contributed by atoms with Gasteiger partial charge in [-0.2, -0.15) is 0 Å². The molecule has 0 spiro atoms. The molecule has 0 saturated heterocycles. The lowest BCUT2D eigenvalue weighted by molar-refractivity contribution is 0.590. The van der Waals surface area contributed by atoms with Crippen molar-refractivity contribution in [2.24, 2.45) is 0 Å². The maximum absolute atomic E-state index is 2.43. The molecule has 0 fully saturated rings. The molecule has 0 unspecified atom stereocenters. The second-order valence-corrected chi connectivity index (χ2v) is 15.8. The van der Waals surface area contributed by atoms with Gasteiger partial charge in [-0.05, 0) is 92.7 Å². The monoisotopic (exact) mass is 613 g/mol. The highest BCUT2D eigenvalue weighted by atomic mass is 32.1. The summed E-state index contributed by atoms with van der Waals surface area (Å²) in [5, 5.41) is 5.33. The zero-order valence-corrected chi connectivity index (χ0v) is 28.3. The summed E-state index contributed by atoms with van der Waals surface area (Å²) in [6, 6.07) is 47.7. The molecule has 2 aromatic heterocycles. The fourth-order valence-electron chi connectivity index (χ4n) is 6.80. The predicted octanol–water partition coefficient (Wildman–Crippen LogP) is 13.1. The van der Waals surface area contributed by atoms with Crippen LogP contribution in [0, 0.1) is 0 Å². The average molecular weight is 614 g/mol. The van der Waals surface area contributed by atoms with Crippen molar-refractivity contribution in [3.05, 3.63) is 139 Å². The number of thiophene rings is 1. The number of rotatable bonds is 3. The van der Waals surface area contributed by atoms with Crippen molar-refractivity contribution in [2.45, 2.75) is 52.4 Å². The van der Waals surface area contributed by atoms with Gasteiger partial charge >= 0.3 is 0 Å². The van der Waals surface area contributed by atoms with Gasteiger partial charge in [-0.15, -0.1) is 11.3 Å². The second kappa shape index (κ2) is 10.4. The molecule has 2 heterocycles. The molecule has 6 aromatic carbocycles. The Morgan fingerprint density at radius 1 is 0.413 bits per heavy atom. The summed E-state index contributed by atoms with van der Waals surface area (Å²) < 4.78 is 5.12. The van der Waals surface area contributed by atoms with Gasteiger partial charge in [-0.3, -0.25) is 0 Å². The van der Waals surface area contributed by atoms with Crippen LogP contribution >= 0.6 is 11.3 Å². The van der Waals surface area contributed by atoms with E-state index in [-0.39, 0.29) is 10.8 Å². The third-order valence-corrected chi connectivity index (χ3v) is 10.7. The molecule has 1 nitrogen and oxygen atoms in total. The minimum Gasteiger partial charge on any atom is -0.309 e. The lowest BCUT2D eigenvalue weighted by Crippen LogP contribution is -2.10. The molecule has 0 aliphatic rings. The van der Waals surface area contributed by atoms with Crippen LogP contribution in [-0.4, -0.2) is 4.57 Å². The maximum atomic E-state index is 2.43. The Morgan fingerprint density at radius 3 is 1.46 bits per heavy atom.